The van der Waals surface area contributed by atoms with Crippen LogP contribution in [0.25, 0.3) is 0 Å². The van der Waals surface area contributed by atoms with Crippen LogP contribution in [0.1, 0.15) is 10.9 Å². The number of thioether (sulfide) groups is 1. The van der Waals surface area contributed by atoms with E-state index in [9.17, 15) is 22.4 Å². The number of carbonyl (C=O) groups is 1. The van der Waals surface area contributed by atoms with Gasteiger partial charge in [0.15, 0.2) is 0 Å². The standard InChI is InChI=1S/C11H9F4NO2S/c12-10(13)11(14,15)18-7-3-1-2-6(4-7)9-16-8(17)5-19-9/h1-4,9-10H,5H2,(H,16,17). The molecule has 19 heavy (non-hydrogen) atoms. The summed E-state index contributed by atoms with van der Waals surface area (Å²) in [6, 6.07) is 5.36. The average molecular weight is 295 g/mol. The van der Waals surface area contributed by atoms with Crippen molar-refractivity contribution >= 4 is 17.7 Å². The van der Waals surface area contributed by atoms with Crippen LogP contribution in [-0.2, 0) is 4.79 Å². The minimum atomic E-state index is -4.54. The molecule has 1 aromatic rings. The number of benzene rings is 1. The van der Waals surface area contributed by atoms with Gasteiger partial charge in [0.25, 0.3) is 0 Å². The lowest BCUT2D eigenvalue weighted by Crippen LogP contribution is -2.33. The minimum absolute atomic E-state index is 0.167. The first-order valence-corrected chi connectivity index (χ1v) is 6.29. The fourth-order valence-electron chi connectivity index (χ4n) is 1.51. The van der Waals surface area contributed by atoms with E-state index in [2.05, 4.69) is 10.1 Å². The summed E-state index contributed by atoms with van der Waals surface area (Å²) in [6.07, 6.45) is -8.44. The topological polar surface area (TPSA) is 38.3 Å². The van der Waals surface area contributed by atoms with E-state index in [-0.39, 0.29) is 22.8 Å². The number of hydrogen-bond donors (Lipinski definition) is 1. The van der Waals surface area contributed by atoms with E-state index in [1.54, 1.807) is 6.07 Å². The van der Waals surface area contributed by atoms with Gasteiger partial charge in [-0.1, -0.05) is 12.1 Å². The molecule has 1 unspecified atom stereocenters. The number of halogens is 4. The molecule has 0 bridgehead atoms. The van der Waals surface area contributed by atoms with Gasteiger partial charge in [0, 0.05) is 0 Å². The fraction of sp³-hybridized carbons (Fsp3) is 0.364. The summed E-state index contributed by atoms with van der Waals surface area (Å²) in [6.45, 7) is 0. The van der Waals surface area contributed by atoms with Crippen molar-refractivity contribution in [2.75, 3.05) is 5.75 Å². The van der Waals surface area contributed by atoms with Crippen LogP contribution in [-0.4, -0.2) is 24.2 Å². The third-order valence-corrected chi connectivity index (χ3v) is 3.49. The summed E-state index contributed by atoms with van der Waals surface area (Å²) in [5.74, 6) is -0.271. The fourth-order valence-corrected chi connectivity index (χ4v) is 2.47. The number of nitrogens with one attached hydrogen (secondary N) is 1. The predicted octanol–water partition coefficient (Wildman–Crippen LogP) is 2.78. The molecule has 1 aliphatic heterocycles. The van der Waals surface area contributed by atoms with Crippen molar-refractivity contribution in [1.29, 1.82) is 0 Å². The van der Waals surface area contributed by atoms with Gasteiger partial charge in [-0.25, -0.2) is 0 Å². The van der Waals surface area contributed by atoms with Gasteiger partial charge in [0.2, 0.25) is 5.91 Å². The molecule has 2 rings (SSSR count). The first-order valence-electron chi connectivity index (χ1n) is 5.24. The van der Waals surface area contributed by atoms with Crippen molar-refractivity contribution in [3.63, 3.8) is 0 Å². The minimum Gasteiger partial charge on any atom is -0.428 e. The number of ether oxygens (including phenoxy) is 1. The van der Waals surface area contributed by atoms with Crippen LogP contribution in [0.15, 0.2) is 24.3 Å². The van der Waals surface area contributed by atoms with Crippen molar-refractivity contribution in [2.24, 2.45) is 0 Å². The van der Waals surface area contributed by atoms with Crippen LogP contribution in [0.4, 0.5) is 17.6 Å². The summed E-state index contributed by atoms with van der Waals surface area (Å²) in [5.41, 5.74) is 0.512. The SMILES string of the molecule is O=C1CSC(c2cccc(OC(F)(F)C(F)F)c2)N1. The molecule has 1 amide bonds. The Kier molecular flexibility index (Phi) is 3.88. The number of carbonyl (C=O) groups excluding carboxylic acids is 1. The lowest BCUT2D eigenvalue weighted by Gasteiger charge is -2.18. The maximum atomic E-state index is 12.8. The third-order valence-electron chi connectivity index (χ3n) is 2.34. The van der Waals surface area contributed by atoms with Crippen LogP contribution < -0.4 is 10.1 Å². The first-order chi connectivity index (χ1) is 8.88. The molecule has 1 saturated heterocycles. The highest BCUT2D eigenvalue weighted by atomic mass is 32.2. The van der Waals surface area contributed by atoms with E-state index in [4.69, 9.17) is 0 Å². The predicted molar refractivity (Wildman–Crippen MR) is 61.4 cm³/mol. The smallest absolute Gasteiger partial charge is 0.428 e. The van der Waals surface area contributed by atoms with Gasteiger partial charge in [-0.3, -0.25) is 4.79 Å². The zero-order chi connectivity index (χ0) is 14.0. The maximum absolute atomic E-state index is 12.8. The Hall–Kier alpha value is -1.44. The second kappa shape index (κ2) is 5.28. The highest BCUT2D eigenvalue weighted by Crippen LogP contribution is 2.34. The average Bonchev–Trinajstić information content (AvgIpc) is 2.75. The summed E-state index contributed by atoms with van der Waals surface area (Å²) in [4.78, 5) is 11.0. The van der Waals surface area contributed by atoms with Crippen molar-refractivity contribution < 1.29 is 27.1 Å². The van der Waals surface area contributed by atoms with Gasteiger partial charge in [0.05, 0.1) is 5.75 Å². The molecule has 0 spiro atoms. The lowest BCUT2D eigenvalue weighted by atomic mass is 10.2. The van der Waals surface area contributed by atoms with Crippen LogP contribution in [0, 0.1) is 0 Å². The molecule has 0 aromatic heterocycles. The van der Waals surface area contributed by atoms with E-state index in [0.717, 1.165) is 6.07 Å². The van der Waals surface area contributed by atoms with Crippen molar-refractivity contribution in [1.82, 2.24) is 5.32 Å². The maximum Gasteiger partial charge on any atom is 0.461 e. The Morgan fingerprint density at radius 3 is 2.74 bits per heavy atom. The van der Waals surface area contributed by atoms with Gasteiger partial charge < -0.3 is 10.1 Å². The molecule has 1 heterocycles. The molecule has 0 saturated carbocycles. The Morgan fingerprint density at radius 2 is 2.16 bits per heavy atom. The van der Waals surface area contributed by atoms with E-state index in [1.807, 2.05) is 0 Å². The van der Waals surface area contributed by atoms with Gasteiger partial charge in [-0.2, -0.15) is 17.6 Å². The molecule has 1 atom stereocenters. The van der Waals surface area contributed by atoms with E-state index in [1.165, 1.54) is 23.9 Å². The van der Waals surface area contributed by atoms with Crippen LogP contribution in [0.3, 0.4) is 0 Å². The highest BCUT2D eigenvalue weighted by molar-refractivity contribution is 8.00. The molecule has 1 aliphatic rings. The van der Waals surface area contributed by atoms with E-state index < -0.39 is 12.5 Å². The van der Waals surface area contributed by atoms with Gasteiger partial charge in [-0.15, -0.1) is 11.8 Å². The summed E-state index contributed by atoms with van der Waals surface area (Å²) >= 11 is 1.28. The molecule has 1 N–H and O–H groups in total. The van der Waals surface area contributed by atoms with Crippen LogP contribution >= 0.6 is 11.8 Å². The molecular formula is C11H9F4NO2S. The largest absolute Gasteiger partial charge is 0.461 e. The van der Waals surface area contributed by atoms with Gasteiger partial charge in [0.1, 0.15) is 11.1 Å². The van der Waals surface area contributed by atoms with Crippen LogP contribution in [0.2, 0.25) is 0 Å². The zero-order valence-electron chi connectivity index (χ0n) is 9.41. The third kappa shape index (κ3) is 3.31. The number of hydrogen-bond acceptors (Lipinski definition) is 3. The van der Waals surface area contributed by atoms with Crippen molar-refractivity contribution in [2.45, 2.75) is 17.9 Å². The second-order valence-electron chi connectivity index (χ2n) is 3.80. The summed E-state index contributed by atoms with van der Waals surface area (Å²) < 4.78 is 53.5. The van der Waals surface area contributed by atoms with E-state index >= 15 is 0 Å². The number of amides is 1. The second-order valence-corrected chi connectivity index (χ2v) is 4.89. The van der Waals surface area contributed by atoms with Gasteiger partial charge in [-0.05, 0) is 17.7 Å². The molecule has 0 radical (unpaired) electrons. The highest BCUT2D eigenvalue weighted by Gasteiger charge is 2.44. The molecule has 8 heteroatoms. The Morgan fingerprint density at radius 1 is 1.42 bits per heavy atom. The molecule has 104 valence electrons. The van der Waals surface area contributed by atoms with E-state index in [0.29, 0.717) is 5.56 Å². The summed E-state index contributed by atoms with van der Waals surface area (Å²) in [5, 5.41) is 2.24. The quantitative estimate of drug-likeness (QED) is 0.868. The molecule has 1 fully saturated rings. The number of rotatable bonds is 4. The van der Waals surface area contributed by atoms with Crippen molar-refractivity contribution in [3.05, 3.63) is 29.8 Å². The Bertz CT molecular complexity index is 484. The van der Waals surface area contributed by atoms with Crippen molar-refractivity contribution in [3.8, 4) is 5.75 Å². The molecular weight excluding hydrogens is 286 g/mol. The number of alkyl halides is 4. The molecule has 3 nitrogen and oxygen atoms in total. The Labute approximate surface area is 110 Å². The first kappa shape index (κ1) is 14.0. The monoisotopic (exact) mass is 295 g/mol. The zero-order valence-corrected chi connectivity index (χ0v) is 10.2. The normalized spacial score (nSPS) is 19.6. The molecule has 0 aliphatic carbocycles. The lowest BCUT2D eigenvalue weighted by molar-refractivity contribution is -0.253. The molecule has 1 aromatic carbocycles. The van der Waals surface area contributed by atoms with Gasteiger partial charge >= 0.3 is 12.5 Å². The summed E-state index contributed by atoms with van der Waals surface area (Å²) in [7, 11) is 0. The Balaban J connectivity index is 2.13. The van der Waals surface area contributed by atoms with Crippen LogP contribution in [0.5, 0.6) is 5.75 Å².